The van der Waals surface area contributed by atoms with Crippen molar-refractivity contribution in [1.29, 1.82) is 0 Å². The second-order valence-corrected chi connectivity index (χ2v) is 5.19. The molecule has 1 heterocycles. The molecule has 0 radical (unpaired) electrons. The minimum absolute atomic E-state index is 0.0919. The van der Waals surface area contributed by atoms with Crippen LogP contribution in [0.25, 0.3) is 0 Å². The van der Waals surface area contributed by atoms with Crippen LogP contribution in [0.15, 0.2) is 0 Å². The van der Waals surface area contributed by atoms with E-state index in [1.54, 1.807) is 0 Å². The molecule has 17 heavy (non-hydrogen) atoms. The summed E-state index contributed by atoms with van der Waals surface area (Å²) in [5, 5.41) is 0. The number of hydrogen-bond donors (Lipinski definition) is 1. The highest BCUT2D eigenvalue weighted by atomic mass is 16.2. The fourth-order valence-electron chi connectivity index (χ4n) is 2.68. The zero-order chi connectivity index (χ0) is 13.0. The molecule has 2 N–H and O–H groups in total. The van der Waals surface area contributed by atoms with Crippen LogP contribution in [0.2, 0.25) is 0 Å². The van der Waals surface area contributed by atoms with E-state index in [0.29, 0.717) is 18.4 Å². The maximum Gasteiger partial charge on any atom is 0.239 e. The third-order valence-corrected chi connectivity index (χ3v) is 3.99. The normalized spacial score (nSPS) is 27.8. The number of carbonyl (C=O) groups excluding carboxylic acids is 1. The van der Waals surface area contributed by atoms with Crippen LogP contribution in [0.5, 0.6) is 0 Å². The van der Waals surface area contributed by atoms with Gasteiger partial charge in [0, 0.05) is 26.2 Å². The summed E-state index contributed by atoms with van der Waals surface area (Å²) in [7, 11) is 1.90. The molecule has 1 aliphatic rings. The van der Waals surface area contributed by atoms with Crippen molar-refractivity contribution in [2.75, 3.05) is 26.7 Å². The summed E-state index contributed by atoms with van der Waals surface area (Å²) in [6.45, 7) is 9.65. The van der Waals surface area contributed by atoms with E-state index in [1.165, 1.54) is 0 Å². The van der Waals surface area contributed by atoms with Crippen molar-refractivity contribution in [2.45, 2.75) is 45.7 Å². The summed E-state index contributed by atoms with van der Waals surface area (Å²) in [5.74, 6) is 0.621. The summed E-state index contributed by atoms with van der Waals surface area (Å²) < 4.78 is 0. The predicted octanol–water partition coefficient (Wildman–Crippen LogP) is 0.912. The number of rotatable bonds is 4. The van der Waals surface area contributed by atoms with Crippen LogP contribution in [0, 0.1) is 5.92 Å². The fourth-order valence-corrected chi connectivity index (χ4v) is 2.68. The van der Waals surface area contributed by atoms with Gasteiger partial charge < -0.3 is 15.5 Å². The van der Waals surface area contributed by atoms with Gasteiger partial charge in [-0.05, 0) is 25.3 Å². The Morgan fingerprint density at radius 2 is 2.18 bits per heavy atom. The smallest absolute Gasteiger partial charge is 0.239 e. The Kier molecular flexibility index (Phi) is 5.40. The van der Waals surface area contributed by atoms with Crippen molar-refractivity contribution >= 4 is 5.91 Å². The number of likely N-dealkylation sites (N-methyl/N-ethyl adjacent to an activating group) is 1. The lowest BCUT2D eigenvalue weighted by molar-refractivity contribution is -0.135. The van der Waals surface area contributed by atoms with E-state index in [9.17, 15) is 4.79 Å². The van der Waals surface area contributed by atoms with E-state index in [4.69, 9.17) is 5.73 Å². The number of nitrogens with two attached hydrogens (primary N) is 1. The molecule has 0 unspecified atom stereocenters. The average Bonchev–Trinajstić information content (AvgIpc) is 2.35. The van der Waals surface area contributed by atoms with Gasteiger partial charge in [0.2, 0.25) is 5.91 Å². The molecule has 0 aliphatic carbocycles. The number of carbonyl (C=O) groups is 1. The van der Waals surface area contributed by atoms with E-state index in [1.807, 2.05) is 18.9 Å². The van der Waals surface area contributed by atoms with Gasteiger partial charge in [0.1, 0.15) is 0 Å². The summed E-state index contributed by atoms with van der Waals surface area (Å²) in [4.78, 5) is 16.4. The van der Waals surface area contributed by atoms with Crippen molar-refractivity contribution in [1.82, 2.24) is 9.80 Å². The number of likely N-dealkylation sites (tertiary alicyclic amines) is 1. The second kappa shape index (κ2) is 6.36. The van der Waals surface area contributed by atoms with Gasteiger partial charge in [0.25, 0.3) is 0 Å². The Labute approximate surface area is 105 Å². The Balaban J connectivity index is 2.58. The van der Waals surface area contributed by atoms with Crippen molar-refractivity contribution in [2.24, 2.45) is 11.7 Å². The first-order valence-electron chi connectivity index (χ1n) is 6.75. The first kappa shape index (κ1) is 14.5. The minimum Gasteiger partial charge on any atom is -0.341 e. The van der Waals surface area contributed by atoms with Gasteiger partial charge >= 0.3 is 0 Å². The molecule has 0 aromatic heterocycles. The van der Waals surface area contributed by atoms with Gasteiger partial charge in [-0.15, -0.1) is 0 Å². The predicted molar refractivity (Wildman–Crippen MR) is 70.7 cm³/mol. The molecule has 1 amide bonds. The highest BCUT2D eigenvalue weighted by Gasteiger charge is 2.31. The summed E-state index contributed by atoms with van der Waals surface area (Å²) in [5.41, 5.74) is 5.82. The first-order valence-corrected chi connectivity index (χ1v) is 6.75. The van der Waals surface area contributed by atoms with Crippen molar-refractivity contribution < 1.29 is 4.79 Å². The second-order valence-electron chi connectivity index (χ2n) is 5.19. The van der Waals surface area contributed by atoms with Crippen molar-refractivity contribution in [3.63, 3.8) is 0 Å². The lowest BCUT2D eigenvalue weighted by Crippen LogP contribution is -2.53. The van der Waals surface area contributed by atoms with Crippen LogP contribution in [0.3, 0.4) is 0 Å². The summed E-state index contributed by atoms with van der Waals surface area (Å²) in [6, 6.07) is 0.0132. The van der Waals surface area contributed by atoms with Crippen molar-refractivity contribution in [3.05, 3.63) is 0 Å². The van der Waals surface area contributed by atoms with Gasteiger partial charge in [0.05, 0.1) is 6.04 Å². The highest BCUT2D eigenvalue weighted by molar-refractivity contribution is 5.81. The standard InChI is InChI=1S/C13H27N3O/c1-5-11(14)13(17)15(4)12-7-8-16(6-2)9-10(12)3/h10-12H,5-9,14H2,1-4H3/t10-,11+,12+/m1/s1. The largest absolute Gasteiger partial charge is 0.341 e. The quantitative estimate of drug-likeness (QED) is 0.796. The molecular weight excluding hydrogens is 214 g/mol. The van der Waals surface area contributed by atoms with E-state index in [2.05, 4.69) is 18.7 Å². The highest BCUT2D eigenvalue weighted by Crippen LogP contribution is 2.21. The van der Waals surface area contributed by atoms with E-state index >= 15 is 0 Å². The molecule has 4 heteroatoms. The zero-order valence-electron chi connectivity index (χ0n) is 11.6. The van der Waals surface area contributed by atoms with Gasteiger partial charge in [-0.1, -0.05) is 20.8 Å². The maximum atomic E-state index is 12.1. The number of nitrogens with zero attached hydrogens (tertiary/aromatic N) is 2. The lowest BCUT2D eigenvalue weighted by atomic mass is 9.92. The van der Waals surface area contributed by atoms with Gasteiger partial charge in [-0.3, -0.25) is 4.79 Å². The van der Waals surface area contributed by atoms with Crippen LogP contribution in [-0.2, 0) is 4.79 Å². The van der Waals surface area contributed by atoms with E-state index < -0.39 is 0 Å². The zero-order valence-corrected chi connectivity index (χ0v) is 11.6. The molecule has 0 bridgehead atoms. The molecule has 3 atom stereocenters. The third-order valence-electron chi connectivity index (χ3n) is 3.99. The summed E-state index contributed by atoms with van der Waals surface area (Å²) >= 11 is 0. The Bertz CT molecular complexity index is 257. The number of amides is 1. The molecular formula is C13H27N3O. The van der Waals surface area contributed by atoms with E-state index in [0.717, 1.165) is 26.1 Å². The molecule has 1 aliphatic heterocycles. The maximum absolute atomic E-state index is 12.1. The lowest BCUT2D eigenvalue weighted by Gasteiger charge is -2.41. The molecule has 0 saturated carbocycles. The fraction of sp³-hybridized carbons (Fsp3) is 0.923. The van der Waals surface area contributed by atoms with Gasteiger partial charge in [0.15, 0.2) is 0 Å². The number of piperidine rings is 1. The molecule has 0 aromatic carbocycles. The molecule has 1 saturated heterocycles. The topological polar surface area (TPSA) is 49.6 Å². The molecule has 0 aromatic rings. The molecule has 0 spiro atoms. The Hall–Kier alpha value is -0.610. The van der Waals surface area contributed by atoms with Crippen LogP contribution >= 0.6 is 0 Å². The minimum atomic E-state index is -0.337. The SMILES string of the molecule is CC[C@H](N)C(=O)N(C)[C@H]1CCN(CC)C[C@H]1C. The van der Waals surface area contributed by atoms with E-state index in [-0.39, 0.29) is 11.9 Å². The van der Waals surface area contributed by atoms with Crippen LogP contribution in [-0.4, -0.2) is 54.5 Å². The van der Waals surface area contributed by atoms with Crippen LogP contribution in [0.1, 0.15) is 33.6 Å². The molecule has 1 fully saturated rings. The first-order chi connectivity index (χ1) is 8.01. The monoisotopic (exact) mass is 241 g/mol. The van der Waals surface area contributed by atoms with Gasteiger partial charge in [-0.2, -0.15) is 0 Å². The molecule has 100 valence electrons. The Morgan fingerprint density at radius 3 is 2.65 bits per heavy atom. The third kappa shape index (κ3) is 3.42. The Morgan fingerprint density at radius 1 is 1.53 bits per heavy atom. The van der Waals surface area contributed by atoms with Crippen molar-refractivity contribution in [3.8, 4) is 0 Å². The van der Waals surface area contributed by atoms with Gasteiger partial charge in [-0.25, -0.2) is 0 Å². The summed E-state index contributed by atoms with van der Waals surface area (Å²) in [6.07, 6.45) is 1.78. The molecule has 4 nitrogen and oxygen atoms in total. The van der Waals surface area contributed by atoms with Crippen LogP contribution in [0.4, 0.5) is 0 Å². The van der Waals surface area contributed by atoms with Crippen LogP contribution < -0.4 is 5.73 Å². The average molecular weight is 241 g/mol. The number of hydrogen-bond acceptors (Lipinski definition) is 3. The molecule has 1 rings (SSSR count).